The molecular formula is C12H21N3O4S. The van der Waals surface area contributed by atoms with Crippen LogP contribution in [0.25, 0.3) is 0 Å². The van der Waals surface area contributed by atoms with Gasteiger partial charge in [0, 0.05) is 25.7 Å². The Bertz CT molecular complexity index is 523. The van der Waals surface area contributed by atoms with Crippen LogP contribution in [-0.2, 0) is 21.3 Å². The van der Waals surface area contributed by atoms with Gasteiger partial charge in [0.15, 0.2) is 0 Å². The summed E-state index contributed by atoms with van der Waals surface area (Å²) in [4.78, 5) is 2.33. The average Bonchev–Trinajstić information content (AvgIpc) is 2.86. The molecule has 1 saturated heterocycles. The monoisotopic (exact) mass is 303 g/mol. The molecule has 0 amide bonds. The van der Waals surface area contributed by atoms with E-state index in [9.17, 15) is 8.42 Å². The second-order valence-electron chi connectivity index (χ2n) is 4.96. The lowest BCUT2D eigenvalue weighted by molar-refractivity contribution is 0.0342. The van der Waals surface area contributed by atoms with Crippen LogP contribution in [0.15, 0.2) is 21.6 Å². The van der Waals surface area contributed by atoms with E-state index in [1.807, 2.05) is 0 Å². The van der Waals surface area contributed by atoms with E-state index in [0.717, 1.165) is 32.8 Å². The molecule has 0 aliphatic carbocycles. The first-order valence-corrected chi connectivity index (χ1v) is 8.15. The Morgan fingerprint density at radius 2 is 2.10 bits per heavy atom. The summed E-state index contributed by atoms with van der Waals surface area (Å²) in [7, 11) is -3.76. The van der Waals surface area contributed by atoms with Crippen LogP contribution in [0.4, 0.5) is 0 Å². The molecule has 2 rings (SSSR count). The minimum atomic E-state index is -3.76. The van der Waals surface area contributed by atoms with Gasteiger partial charge in [-0.1, -0.05) is 0 Å². The van der Waals surface area contributed by atoms with Crippen molar-refractivity contribution in [2.24, 2.45) is 5.14 Å². The van der Waals surface area contributed by atoms with Gasteiger partial charge in [0.05, 0.1) is 19.8 Å². The molecule has 1 aromatic rings. The maximum absolute atomic E-state index is 11.1. The Morgan fingerprint density at radius 1 is 1.40 bits per heavy atom. The Morgan fingerprint density at radius 3 is 2.70 bits per heavy atom. The number of rotatable bonds is 6. The van der Waals surface area contributed by atoms with Gasteiger partial charge in [-0.15, -0.1) is 0 Å². The fourth-order valence-electron chi connectivity index (χ4n) is 2.12. The molecule has 3 N–H and O–H groups in total. The third kappa shape index (κ3) is 4.57. The van der Waals surface area contributed by atoms with Gasteiger partial charge in [0.25, 0.3) is 10.0 Å². The molecule has 0 spiro atoms. The minimum absolute atomic E-state index is 0.199. The molecule has 2 heterocycles. The average molecular weight is 303 g/mol. The molecule has 1 aliphatic rings. The van der Waals surface area contributed by atoms with Crippen molar-refractivity contribution in [3.8, 4) is 0 Å². The highest BCUT2D eigenvalue weighted by Crippen LogP contribution is 2.12. The predicted octanol–water partition coefficient (Wildman–Crippen LogP) is -0.263. The molecule has 0 saturated carbocycles. The van der Waals surface area contributed by atoms with Gasteiger partial charge in [0.1, 0.15) is 5.76 Å². The number of sulfonamides is 1. The number of primary sulfonamides is 1. The van der Waals surface area contributed by atoms with E-state index in [4.69, 9.17) is 14.3 Å². The number of nitrogens with two attached hydrogens (primary N) is 1. The molecule has 1 unspecified atom stereocenters. The topological polar surface area (TPSA) is 97.8 Å². The molecule has 8 heteroatoms. The SMILES string of the molecule is CC(CN1CCOCC1)NCc1ccc(S(N)(=O)=O)o1. The normalized spacial score (nSPS) is 19.1. The van der Waals surface area contributed by atoms with Crippen LogP contribution < -0.4 is 10.5 Å². The summed E-state index contributed by atoms with van der Waals surface area (Å²) < 4.78 is 32.7. The van der Waals surface area contributed by atoms with Crippen molar-refractivity contribution < 1.29 is 17.6 Å². The van der Waals surface area contributed by atoms with Crippen LogP contribution >= 0.6 is 0 Å². The predicted molar refractivity (Wildman–Crippen MR) is 73.6 cm³/mol. The summed E-state index contributed by atoms with van der Waals surface area (Å²) in [5.74, 6) is 0.558. The number of ether oxygens (including phenoxy) is 1. The second kappa shape index (κ2) is 6.68. The number of hydrogen-bond donors (Lipinski definition) is 2. The van der Waals surface area contributed by atoms with Gasteiger partial charge >= 0.3 is 0 Å². The van der Waals surface area contributed by atoms with Crippen molar-refractivity contribution in [3.63, 3.8) is 0 Å². The number of nitrogens with zero attached hydrogens (tertiary/aromatic N) is 1. The Hall–Kier alpha value is -0.930. The number of hydrogen-bond acceptors (Lipinski definition) is 6. The molecule has 1 atom stereocenters. The van der Waals surface area contributed by atoms with Gasteiger partial charge in [-0.2, -0.15) is 0 Å². The van der Waals surface area contributed by atoms with Crippen molar-refractivity contribution in [1.82, 2.24) is 10.2 Å². The second-order valence-corrected chi connectivity index (χ2v) is 6.45. The first kappa shape index (κ1) is 15.5. The van der Waals surface area contributed by atoms with Gasteiger partial charge in [-0.3, -0.25) is 4.90 Å². The standard InChI is InChI=1S/C12H21N3O4S/c1-10(9-15-4-6-18-7-5-15)14-8-11-2-3-12(19-11)20(13,16)17/h2-3,10,14H,4-9H2,1H3,(H2,13,16,17). The molecule has 20 heavy (non-hydrogen) atoms. The van der Waals surface area contributed by atoms with E-state index in [-0.39, 0.29) is 11.1 Å². The molecular weight excluding hydrogens is 282 g/mol. The van der Waals surface area contributed by atoms with Crippen molar-refractivity contribution in [3.05, 3.63) is 17.9 Å². The van der Waals surface area contributed by atoms with E-state index in [2.05, 4.69) is 17.1 Å². The van der Waals surface area contributed by atoms with E-state index in [1.54, 1.807) is 6.07 Å². The summed E-state index contributed by atoms with van der Waals surface area (Å²) in [5, 5.41) is 8.09. The van der Waals surface area contributed by atoms with E-state index in [1.165, 1.54) is 6.07 Å². The minimum Gasteiger partial charge on any atom is -0.447 e. The Balaban J connectivity index is 1.78. The third-order valence-corrected chi connectivity index (χ3v) is 3.96. The summed E-state index contributed by atoms with van der Waals surface area (Å²) >= 11 is 0. The summed E-state index contributed by atoms with van der Waals surface area (Å²) in [6.45, 7) is 6.93. The lowest BCUT2D eigenvalue weighted by Gasteiger charge is -2.29. The molecule has 7 nitrogen and oxygen atoms in total. The molecule has 1 aromatic heterocycles. The van der Waals surface area contributed by atoms with Gasteiger partial charge in [-0.05, 0) is 19.1 Å². The maximum Gasteiger partial charge on any atom is 0.271 e. The van der Waals surface area contributed by atoms with Gasteiger partial charge in [-0.25, -0.2) is 13.6 Å². The van der Waals surface area contributed by atoms with Gasteiger partial charge in [0.2, 0.25) is 5.09 Å². The first-order chi connectivity index (χ1) is 9.45. The number of furan rings is 1. The molecule has 0 bridgehead atoms. The van der Waals surface area contributed by atoms with Gasteiger partial charge < -0.3 is 14.5 Å². The fourth-order valence-corrected chi connectivity index (χ4v) is 2.60. The largest absolute Gasteiger partial charge is 0.447 e. The highest BCUT2D eigenvalue weighted by Gasteiger charge is 2.15. The zero-order valence-corrected chi connectivity index (χ0v) is 12.4. The summed E-state index contributed by atoms with van der Waals surface area (Å²) in [5.41, 5.74) is 0. The van der Waals surface area contributed by atoms with Crippen LogP contribution in [-0.4, -0.2) is 52.2 Å². The third-order valence-electron chi connectivity index (χ3n) is 3.18. The van der Waals surface area contributed by atoms with Crippen molar-refractivity contribution in [2.45, 2.75) is 24.6 Å². The van der Waals surface area contributed by atoms with Crippen LogP contribution in [0.5, 0.6) is 0 Å². The number of morpholine rings is 1. The zero-order chi connectivity index (χ0) is 14.6. The van der Waals surface area contributed by atoms with Crippen molar-refractivity contribution >= 4 is 10.0 Å². The van der Waals surface area contributed by atoms with Crippen LogP contribution in [0.3, 0.4) is 0 Å². The van der Waals surface area contributed by atoms with E-state index >= 15 is 0 Å². The molecule has 1 fully saturated rings. The van der Waals surface area contributed by atoms with E-state index in [0.29, 0.717) is 12.3 Å². The van der Waals surface area contributed by atoms with Crippen molar-refractivity contribution in [2.75, 3.05) is 32.8 Å². The lowest BCUT2D eigenvalue weighted by Crippen LogP contribution is -2.44. The summed E-state index contributed by atoms with van der Waals surface area (Å²) in [6.07, 6.45) is 0. The highest BCUT2D eigenvalue weighted by molar-refractivity contribution is 7.89. The smallest absolute Gasteiger partial charge is 0.271 e. The Kier molecular flexibility index (Phi) is 5.17. The Labute approximate surface area is 119 Å². The maximum atomic E-state index is 11.1. The lowest BCUT2D eigenvalue weighted by atomic mass is 10.2. The van der Waals surface area contributed by atoms with Crippen molar-refractivity contribution in [1.29, 1.82) is 0 Å². The molecule has 1 aliphatic heterocycles. The summed E-state index contributed by atoms with van der Waals surface area (Å²) in [6, 6.07) is 3.27. The highest BCUT2D eigenvalue weighted by atomic mass is 32.2. The van der Waals surface area contributed by atoms with Crippen LogP contribution in [0.2, 0.25) is 0 Å². The molecule has 0 radical (unpaired) electrons. The zero-order valence-electron chi connectivity index (χ0n) is 11.5. The fraction of sp³-hybridized carbons (Fsp3) is 0.667. The molecule has 114 valence electrons. The van der Waals surface area contributed by atoms with E-state index < -0.39 is 10.0 Å². The first-order valence-electron chi connectivity index (χ1n) is 6.60. The van der Waals surface area contributed by atoms with Crippen LogP contribution in [0.1, 0.15) is 12.7 Å². The number of nitrogens with one attached hydrogen (secondary N) is 1. The van der Waals surface area contributed by atoms with Crippen LogP contribution in [0, 0.1) is 0 Å². The quantitative estimate of drug-likeness (QED) is 0.751. The molecule has 0 aromatic carbocycles.